The maximum atomic E-state index is 10.6. The number of amides is 1. The maximum Gasteiger partial charge on any atom is 0.235 e. The number of carbonyl (C=O) groups is 1. The van der Waals surface area contributed by atoms with E-state index in [9.17, 15) is 4.79 Å². The Bertz CT molecular complexity index is 190. The molecule has 1 saturated heterocycles. The van der Waals surface area contributed by atoms with Crippen molar-refractivity contribution in [1.29, 1.82) is 0 Å². The van der Waals surface area contributed by atoms with E-state index in [-0.39, 0.29) is 5.54 Å². The van der Waals surface area contributed by atoms with Gasteiger partial charge in [0.1, 0.15) is 0 Å². The fraction of sp³-hybridized carbons (Fsp3) is 0.875. The fourth-order valence-electron chi connectivity index (χ4n) is 1.26. The van der Waals surface area contributed by atoms with Crippen molar-refractivity contribution in [2.24, 2.45) is 11.5 Å². The summed E-state index contributed by atoms with van der Waals surface area (Å²) in [7, 11) is 0. The van der Waals surface area contributed by atoms with Crippen LogP contribution in [-0.2, 0) is 9.53 Å². The SMILES string of the molecule is CC1(NCC(N)C(N)=O)CCOC1. The van der Waals surface area contributed by atoms with Gasteiger partial charge in [-0.2, -0.15) is 0 Å². The number of nitrogens with two attached hydrogens (primary N) is 2. The molecule has 5 nitrogen and oxygen atoms in total. The summed E-state index contributed by atoms with van der Waals surface area (Å²) in [6.07, 6.45) is 0.943. The van der Waals surface area contributed by atoms with Crippen LogP contribution in [0.2, 0.25) is 0 Å². The molecule has 0 aromatic rings. The molecule has 1 amide bonds. The molecule has 2 atom stereocenters. The second-order valence-electron chi connectivity index (χ2n) is 3.75. The van der Waals surface area contributed by atoms with Crippen molar-refractivity contribution in [1.82, 2.24) is 5.32 Å². The first-order valence-electron chi connectivity index (χ1n) is 4.41. The van der Waals surface area contributed by atoms with Crippen molar-refractivity contribution < 1.29 is 9.53 Å². The van der Waals surface area contributed by atoms with E-state index >= 15 is 0 Å². The molecule has 0 aromatic heterocycles. The normalized spacial score (nSPS) is 30.3. The van der Waals surface area contributed by atoms with E-state index in [1.807, 2.05) is 6.92 Å². The summed E-state index contributed by atoms with van der Waals surface area (Å²) in [4.78, 5) is 10.6. The molecule has 0 radical (unpaired) electrons. The van der Waals surface area contributed by atoms with Crippen molar-refractivity contribution in [3.05, 3.63) is 0 Å². The van der Waals surface area contributed by atoms with Crippen LogP contribution < -0.4 is 16.8 Å². The molecule has 5 N–H and O–H groups in total. The average molecular weight is 187 g/mol. The Balaban J connectivity index is 2.28. The molecule has 2 unspecified atom stereocenters. The van der Waals surface area contributed by atoms with Gasteiger partial charge in [-0.25, -0.2) is 0 Å². The first-order valence-corrected chi connectivity index (χ1v) is 4.41. The summed E-state index contributed by atoms with van der Waals surface area (Å²) < 4.78 is 5.23. The van der Waals surface area contributed by atoms with Gasteiger partial charge in [0.15, 0.2) is 0 Å². The van der Waals surface area contributed by atoms with Gasteiger partial charge in [0.05, 0.1) is 12.6 Å². The number of hydrogen-bond donors (Lipinski definition) is 3. The summed E-state index contributed by atoms with van der Waals surface area (Å²) in [5.74, 6) is -0.477. The Morgan fingerprint density at radius 2 is 2.46 bits per heavy atom. The third-order valence-electron chi connectivity index (χ3n) is 2.33. The predicted molar refractivity (Wildman–Crippen MR) is 49.0 cm³/mol. The van der Waals surface area contributed by atoms with E-state index in [4.69, 9.17) is 16.2 Å². The largest absolute Gasteiger partial charge is 0.379 e. The molecule has 0 spiro atoms. The lowest BCUT2D eigenvalue weighted by atomic mass is 10.0. The number of primary amides is 1. The van der Waals surface area contributed by atoms with E-state index in [1.54, 1.807) is 0 Å². The van der Waals surface area contributed by atoms with E-state index in [0.29, 0.717) is 13.2 Å². The van der Waals surface area contributed by atoms with Crippen LogP contribution in [0.5, 0.6) is 0 Å². The van der Waals surface area contributed by atoms with Crippen LogP contribution in [0.4, 0.5) is 0 Å². The van der Waals surface area contributed by atoms with E-state index < -0.39 is 11.9 Å². The van der Waals surface area contributed by atoms with Gasteiger partial charge in [-0.1, -0.05) is 0 Å². The Hall–Kier alpha value is -0.650. The zero-order valence-corrected chi connectivity index (χ0v) is 7.88. The van der Waals surface area contributed by atoms with Crippen LogP contribution in [0.25, 0.3) is 0 Å². The second-order valence-corrected chi connectivity index (χ2v) is 3.75. The molecular formula is C8H17N3O2. The van der Waals surface area contributed by atoms with E-state index in [0.717, 1.165) is 13.0 Å². The summed E-state index contributed by atoms with van der Waals surface area (Å²) >= 11 is 0. The molecule has 1 aliphatic heterocycles. The zero-order valence-electron chi connectivity index (χ0n) is 7.88. The molecule has 0 aromatic carbocycles. The van der Waals surface area contributed by atoms with Crippen LogP contribution in [0.1, 0.15) is 13.3 Å². The predicted octanol–water partition coefficient (Wildman–Crippen LogP) is -1.43. The van der Waals surface area contributed by atoms with Crippen molar-refractivity contribution >= 4 is 5.91 Å². The van der Waals surface area contributed by atoms with Gasteiger partial charge in [-0.05, 0) is 13.3 Å². The number of rotatable bonds is 4. The molecule has 1 rings (SSSR count). The monoisotopic (exact) mass is 187 g/mol. The van der Waals surface area contributed by atoms with Gasteiger partial charge < -0.3 is 21.5 Å². The van der Waals surface area contributed by atoms with Crippen molar-refractivity contribution in [2.75, 3.05) is 19.8 Å². The number of nitrogens with one attached hydrogen (secondary N) is 1. The van der Waals surface area contributed by atoms with Gasteiger partial charge in [-0.15, -0.1) is 0 Å². The van der Waals surface area contributed by atoms with Crippen LogP contribution >= 0.6 is 0 Å². The van der Waals surface area contributed by atoms with Gasteiger partial charge in [0.2, 0.25) is 5.91 Å². The number of carbonyl (C=O) groups excluding carboxylic acids is 1. The van der Waals surface area contributed by atoms with Crippen molar-refractivity contribution in [3.63, 3.8) is 0 Å². The minimum Gasteiger partial charge on any atom is -0.379 e. The lowest BCUT2D eigenvalue weighted by Crippen LogP contribution is -2.52. The molecule has 76 valence electrons. The Morgan fingerprint density at radius 3 is 2.92 bits per heavy atom. The molecule has 1 fully saturated rings. The highest BCUT2D eigenvalue weighted by Gasteiger charge is 2.29. The first kappa shape index (κ1) is 10.4. The van der Waals surface area contributed by atoms with E-state index in [2.05, 4.69) is 5.32 Å². The van der Waals surface area contributed by atoms with Crippen LogP contribution in [0.3, 0.4) is 0 Å². The molecule has 1 aliphatic rings. The highest BCUT2D eigenvalue weighted by molar-refractivity contribution is 5.79. The molecule has 0 bridgehead atoms. The van der Waals surface area contributed by atoms with Gasteiger partial charge in [0.25, 0.3) is 0 Å². The van der Waals surface area contributed by atoms with Crippen LogP contribution in [0, 0.1) is 0 Å². The van der Waals surface area contributed by atoms with Gasteiger partial charge >= 0.3 is 0 Å². The minimum absolute atomic E-state index is 0.0485. The first-order chi connectivity index (χ1) is 6.03. The van der Waals surface area contributed by atoms with Gasteiger partial charge in [-0.3, -0.25) is 4.79 Å². The highest BCUT2D eigenvalue weighted by atomic mass is 16.5. The summed E-state index contributed by atoms with van der Waals surface area (Å²) in [5.41, 5.74) is 10.5. The lowest BCUT2D eigenvalue weighted by molar-refractivity contribution is -0.119. The standard InChI is InChI=1S/C8H17N3O2/c1-8(2-3-13-5-8)11-4-6(9)7(10)12/h6,11H,2-5,9H2,1H3,(H2,10,12). The average Bonchev–Trinajstić information content (AvgIpc) is 2.48. The van der Waals surface area contributed by atoms with Crippen molar-refractivity contribution in [3.8, 4) is 0 Å². The molecule has 0 saturated carbocycles. The van der Waals surface area contributed by atoms with E-state index in [1.165, 1.54) is 0 Å². The third-order valence-corrected chi connectivity index (χ3v) is 2.33. The topological polar surface area (TPSA) is 90.4 Å². The van der Waals surface area contributed by atoms with Crippen LogP contribution in [0.15, 0.2) is 0 Å². The van der Waals surface area contributed by atoms with Gasteiger partial charge in [0, 0.05) is 18.7 Å². The molecule has 1 heterocycles. The summed E-state index contributed by atoms with van der Waals surface area (Å²) in [6.45, 7) is 3.89. The van der Waals surface area contributed by atoms with Crippen molar-refractivity contribution in [2.45, 2.75) is 24.9 Å². The summed E-state index contributed by atoms with van der Waals surface area (Å²) in [6, 6.07) is -0.613. The lowest BCUT2D eigenvalue weighted by Gasteiger charge is -2.24. The molecule has 5 heteroatoms. The summed E-state index contributed by atoms with van der Waals surface area (Å²) in [5, 5.41) is 3.19. The molecule has 0 aliphatic carbocycles. The Morgan fingerprint density at radius 1 is 1.77 bits per heavy atom. The zero-order chi connectivity index (χ0) is 9.90. The third kappa shape index (κ3) is 2.95. The highest BCUT2D eigenvalue weighted by Crippen LogP contribution is 2.16. The Kier molecular flexibility index (Phi) is 3.24. The van der Waals surface area contributed by atoms with Crippen LogP contribution in [-0.4, -0.2) is 37.2 Å². The quantitative estimate of drug-likeness (QED) is 0.503. The number of hydrogen-bond acceptors (Lipinski definition) is 4. The second kappa shape index (κ2) is 4.04. The number of ether oxygens (including phenoxy) is 1. The Labute approximate surface area is 77.8 Å². The molecular weight excluding hydrogens is 170 g/mol. The molecule has 13 heavy (non-hydrogen) atoms. The minimum atomic E-state index is -0.613. The maximum absolute atomic E-state index is 10.6. The fourth-order valence-corrected chi connectivity index (χ4v) is 1.26. The smallest absolute Gasteiger partial charge is 0.235 e.